The molecule has 3 nitrogen and oxygen atoms in total. The minimum atomic E-state index is -0.0360. The molecular formula is C11H14N2O. The van der Waals surface area contributed by atoms with E-state index in [9.17, 15) is 0 Å². The van der Waals surface area contributed by atoms with E-state index >= 15 is 0 Å². The Kier molecular flexibility index (Phi) is 2.76. The van der Waals surface area contributed by atoms with Gasteiger partial charge in [-0.2, -0.15) is 0 Å². The number of hydrogen-bond donors (Lipinski definition) is 0. The molecule has 0 bridgehead atoms. The zero-order chi connectivity index (χ0) is 10.8. The third-order valence-electron chi connectivity index (χ3n) is 1.96. The van der Waals surface area contributed by atoms with E-state index in [2.05, 4.69) is 30.6 Å². The lowest BCUT2D eigenvalue weighted by molar-refractivity contribution is 0.414. The second-order valence-electron chi connectivity index (χ2n) is 4.10. The zero-order valence-corrected chi connectivity index (χ0v) is 8.96. The van der Waals surface area contributed by atoms with E-state index in [1.165, 1.54) is 0 Å². The summed E-state index contributed by atoms with van der Waals surface area (Å²) in [4.78, 5) is 7.66. The lowest BCUT2D eigenvalue weighted by atomic mass is 9.91. The zero-order valence-electron chi connectivity index (χ0n) is 8.96. The maximum Gasteiger partial charge on any atom is 0.231 e. The first-order chi connectivity index (χ1) is 6.49. The van der Waals surface area contributed by atoms with Crippen LogP contribution < -0.4 is 4.74 Å². The Labute approximate surface area is 84.6 Å². The van der Waals surface area contributed by atoms with Crippen LogP contribution in [0.4, 0.5) is 5.69 Å². The SMILES string of the molecule is [C-]#[N+]c1cc(C(C)(C)C)ncc1OC. The Morgan fingerprint density at radius 2 is 2.07 bits per heavy atom. The second kappa shape index (κ2) is 3.67. The number of methoxy groups -OCH3 is 1. The molecular weight excluding hydrogens is 176 g/mol. The van der Waals surface area contributed by atoms with E-state index in [0.29, 0.717) is 11.4 Å². The molecule has 0 spiro atoms. The standard InChI is InChI=1S/C11H14N2O/c1-11(2,3)10-6-8(12-4)9(14-5)7-13-10/h6-7H,1-3,5H3. The van der Waals surface area contributed by atoms with Crippen molar-refractivity contribution >= 4 is 5.69 Å². The summed E-state index contributed by atoms with van der Waals surface area (Å²) >= 11 is 0. The van der Waals surface area contributed by atoms with Crippen LogP contribution in [0.25, 0.3) is 4.85 Å². The van der Waals surface area contributed by atoms with E-state index in [-0.39, 0.29) is 5.41 Å². The van der Waals surface area contributed by atoms with Gasteiger partial charge < -0.3 is 4.74 Å². The normalized spacial score (nSPS) is 10.8. The largest absolute Gasteiger partial charge is 0.506 e. The van der Waals surface area contributed by atoms with Gasteiger partial charge in [0.05, 0.1) is 19.9 Å². The molecule has 0 fully saturated rings. The van der Waals surface area contributed by atoms with Crippen LogP contribution in [0.3, 0.4) is 0 Å². The van der Waals surface area contributed by atoms with Gasteiger partial charge in [-0.15, -0.1) is 0 Å². The molecule has 1 aromatic rings. The Hall–Kier alpha value is -1.56. The van der Waals surface area contributed by atoms with Crippen LogP contribution in [0.1, 0.15) is 26.5 Å². The molecule has 0 unspecified atom stereocenters. The quantitative estimate of drug-likeness (QED) is 0.636. The van der Waals surface area contributed by atoms with Gasteiger partial charge in [-0.3, -0.25) is 4.98 Å². The van der Waals surface area contributed by atoms with Gasteiger partial charge in [0.1, 0.15) is 5.75 Å². The number of aromatic nitrogens is 1. The minimum Gasteiger partial charge on any atom is -0.506 e. The first kappa shape index (κ1) is 10.5. The fourth-order valence-corrected chi connectivity index (χ4v) is 1.09. The third kappa shape index (κ3) is 2.02. The molecule has 0 aliphatic heterocycles. The van der Waals surface area contributed by atoms with Crippen molar-refractivity contribution in [3.63, 3.8) is 0 Å². The summed E-state index contributed by atoms with van der Waals surface area (Å²) in [7, 11) is 1.54. The van der Waals surface area contributed by atoms with Gasteiger partial charge in [-0.25, -0.2) is 4.85 Å². The molecule has 0 aromatic carbocycles. The molecule has 0 atom stereocenters. The average molecular weight is 190 g/mol. The summed E-state index contributed by atoms with van der Waals surface area (Å²) in [5.74, 6) is 0.535. The molecule has 1 aromatic heterocycles. The van der Waals surface area contributed by atoms with Gasteiger partial charge in [0.15, 0.2) is 0 Å². The Morgan fingerprint density at radius 1 is 1.43 bits per heavy atom. The van der Waals surface area contributed by atoms with Gasteiger partial charge in [-0.05, 0) is 6.07 Å². The lowest BCUT2D eigenvalue weighted by Gasteiger charge is -2.18. The first-order valence-electron chi connectivity index (χ1n) is 4.41. The van der Waals surface area contributed by atoms with Crippen LogP contribution in [0, 0.1) is 6.57 Å². The maximum atomic E-state index is 7.01. The number of hydrogen-bond acceptors (Lipinski definition) is 2. The topological polar surface area (TPSA) is 26.5 Å². The smallest absolute Gasteiger partial charge is 0.231 e. The van der Waals surface area contributed by atoms with Crippen molar-refractivity contribution in [1.82, 2.24) is 4.98 Å². The molecule has 0 saturated carbocycles. The highest BCUT2D eigenvalue weighted by molar-refractivity contribution is 5.57. The molecule has 0 saturated heterocycles. The summed E-state index contributed by atoms with van der Waals surface area (Å²) in [6.07, 6.45) is 1.61. The molecule has 0 amide bonds. The molecule has 0 N–H and O–H groups in total. The fraction of sp³-hybridized carbons (Fsp3) is 0.455. The first-order valence-corrected chi connectivity index (χ1v) is 4.41. The maximum absolute atomic E-state index is 7.01. The predicted molar refractivity (Wildman–Crippen MR) is 55.8 cm³/mol. The second-order valence-corrected chi connectivity index (χ2v) is 4.10. The van der Waals surface area contributed by atoms with Crippen LogP contribution >= 0.6 is 0 Å². The summed E-state index contributed by atoms with van der Waals surface area (Å²) in [5.41, 5.74) is 1.39. The van der Waals surface area contributed by atoms with E-state index < -0.39 is 0 Å². The molecule has 0 radical (unpaired) electrons. The number of rotatable bonds is 1. The summed E-state index contributed by atoms with van der Waals surface area (Å²) < 4.78 is 5.03. The Bertz CT molecular complexity index is 372. The molecule has 14 heavy (non-hydrogen) atoms. The summed E-state index contributed by atoms with van der Waals surface area (Å²) in [5, 5.41) is 0. The van der Waals surface area contributed by atoms with E-state index in [1.807, 2.05) is 0 Å². The highest BCUT2D eigenvalue weighted by Crippen LogP contribution is 2.31. The predicted octanol–water partition coefficient (Wildman–Crippen LogP) is 2.94. The van der Waals surface area contributed by atoms with Crippen molar-refractivity contribution in [2.45, 2.75) is 26.2 Å². The number of nitrogens with zero attached hydrogens (tertiary/aromatic N) is 2. The van der Waals surface area contributed by atoms with Crippen LogP contribution in [0.2, 0.25) is 0 Å². The Morgan fingerprint density at radius 3 is 2.50 bits per heavy atom. The number of pyridine rings is 1. The average Bonchev–Trinajstić information content (AvgIpc) is 2.15. The van der Waals surface area contributed by atoms with Gasteiger partial charge in [0.2, 0.25) is 5.69 Å². The molecule has 3 heteroatoms. The third-order valence-corrected chi connectivity index (χ3v) is 1.96. The molecule has 0 aliphatic rings. The van der Waals surface area contributed by atoms with E-state index in [0.717, 1.165) is 5.69 Å². The van der Waals surface area contributed by atoms with Crippen molar-refractivity contribution < 1.29 is 4.74 Å². The highest BCUT2D eigenvalue weighted by Gasteiger charge is 2.17. The van der Waals surface area contributed by atoms with E-state index in [4.69, 9.17) is 11.3 Å². The van der Waals surface area contributed by atoms with Gasteiger partial charge in [-0.1, -0.05) is 20.8 Å². The molecule has 1 rings (SSSR count). The lowest BCUT2D eigenvalue weighted by Crippen LogP contribution is -2.13. The Balaban J connectivity index is 3.23. The van der Waals surface area contributed by atoms with Gasteiger partial charge >= 0.3 is 0 Å². The minimum absolute atomic E-state index is 0.0360. The molecule has 0 aliphatic carbocycles. The van der Waals surface area contributed by atoms with E-state index in [1.54, 1.807) is 19.4 Å². The number of ether oxygens (including phenoxy) is 1. The van der Waals surface area contributed by atoms with Crippen molar-refractivity contribution in [2.24, 2.45) is 0 Å². The molecule has 1 heterocycles. The van der Waals surface area contributed by atoms with Gasteiger partial charge in [0.25, 0.3) is 0 Å². The summed E-state index contributed by atoms with van der Waals surface area (Å²) in [6, 6.07) is 1.78. The summed E-state index contributed by atoms with van der Waals surface area (Å²) in [6.45, 7) is 13.2. The van der Waals surface area contributed by atoms with Crippen molar-refractivity contribution in [1.29, 1.82) is 0 Å². The van der Waals surface area contributed by atoms with Crippen molar-refractivity contribution in [3.8, 4) is 5.75 Å². The van der Waals surface area contributed by atoms with Gasteiger partial charge in [0, 0.05) is 11.1 Å². The van der Waals surface area contributed by atoms with Crippen LogP contribution in [-0.2, 0) is 5.41 Å². The van der Waals surface area contributed by atoms with Crippen molar-refractivity contribution in [2.75, 3.05) is 7.11 Å². The van der Waals surface area contributed by atoms with Crippen LogP contribution in [-0.4, -0.2) is 12.1 Å². The molecule has 74 valence electrons. The van der Waals surface area contributed by atoms with Crippen LogP contribution in [0.15, 0.2) is 12.3 Å². The van der Waals surface area contributed by atoms with Crippen molar-refractivity contribution in [3.05, 3.63) is 29.4 Å². The van der Waals surface area contributed by atoms with Crippen LogP contribution in [0.5, 0.6) is 5.75 Å². The fourth-order valence-electron chi connectivity index (χ4n) is 1.09. The highest BCUT2D eigenvalue weighted by atomic mass is 16.5. The monoisotopic (exact) mass is 190 g/mol.